The van der Waals surface area contributed by atoms with Gasteiger partial charge in [-0.15, -0.1) is 0 Å². The van der Waals surface area contributed by atoms with E-state index in [9.17, 15) is 17.0 Å². The fourth-order valence-electron chi connectivity index (χ4n) is 26.1. The van der Waals surface area contributed by atoms with Crippen LogP contribution in [0.25, 0.3) is 43.1 Å². The van der Waals surface area contributed by atoms with Gasteiger partial charge in [-0.2, -0.15) is 0 Å². The van der Waals surface area contributed by atoms with Gasteiger partial charge in [0.15, 0.2) is 0 Å². The molecule has 8 aliphatic carbocycles. The number of fused-ring (bicyclic) bond motifs is 12. The first-order valence-electron chi connectivity index (χ1n) is 46.4. The molecule has 646 valence electrons. The van der Waals surface area contributed by atoms with E-state index in [1.165, 1.54) is 132 Å². The molecule has 18 rings (SSSR count). The van der Waals surface area contributed by atoms with Crippen molar-refractivity contribution in [1.29, 1.82) is 0 Å². The molecular weight excluding hydrogens is 1740 g/mol. The molecule has 4 nitrogen and oxygen atoms in total. The molecule has 0 bridgehead atoms. The normalized spacial score (nSPS) is 27.7. The molecule has 13 heteroatoms. The Hall–Kier alpha value is -7.40. The number of hydrogen-bond donors (Lipinski definition) is 0. The van der Waals surface area contributed by atoms with Crippen LogP contribution in [0.5, 0.6) is 23.0 Å². The number of rotatable bonds is 14. The molecule has 0 amide bonds. The van der Waals surface area contributed by atoms with Gasteiger partial charge in [-0.3, -0.25) is 0 Å². The summed E-state index contributed by atoms with van der Waals surface area (Å²) in [4.78, 5) is 0. The number of halogens is 2. The fraction of sp³-hybridized carbons (Fsp3) is 0.357. The van der Waals surface area contributed by atoms with Crippen molar-refractivity contribution in [3.05, 3.63) is 356 Å². The molecule has 10 aliphatic rings. The summed E-state index contributed by atoms with van der Waals surface area (Å²) >= 11 is -7.99. The van der Waals surface area contributed by atoms with E-state index in [1.54, 1.807) is 0 Å². The molecule has 8 unspecified atom stereocenters. The second-order valence-corrected chi connectivity index (χ2v) is 105. The Morgan fingerprint density at radius 3 is 0.680 bits per heavy atom. The van der Waals surface area contributed by atoms with Gasteiger partial charge in [0.05, 0.1) is 0 Å². The molecular formula is C112H132Cl2O4Si6Zr. The van der Waals surface area contributed by atoms with Crippen LogP contribution < -0.4 is 17.7 Å². The molecule has 0 N–H and O–H groups in total. The molecule has 5 spiro atoms. The van der Waals surface area contributed by atoms with Gasteiger partial charge >= 0.3 is 611 Å². The zero-order valence-electron chi connectivity index (χ0n) is 79.2. The fourth-order valence-corrected chi connectivity index (χ4v) is 151. The molecule has 2 saturated heterocycles. The topological polar surface area (TPSA) is 36.9 Å². The van der Waals surface area contributed by atoms with Crippen LogP contribution in [-0.4, -0.2) is 50.9 Å². The Morgan fingerprint density at radius 2 is 0.488 bits per heavy atom. The van der Waals surface area contributed by atoms with E-state index < -0.39 is 76.8 Å². The maximum atomic E-state index is 12.0. The van der Waals surface area contributed by atoms with Crippen molar-refractivity contribution >= 4 is 111 Å². The zero-order valence-corrected chi connectivity index (χ0v) is 89.4. The summed E-state index contributed by atoms with van der Waals surface area (Å²) in [6.07, 6.45) is 50.4. The second-order valence-electron chi connectivity index (χ2n) is 44.9. The number of allylic oxidation sites excluding steroid dienone is 32. The number of benzene rings is 8. The first-order chi connectivity index (χ1) is 58.6. The first kappa shape index (κ1) is 88.3. The van der Waals surface area contributed by atoms with Gasteiger partial charge in [0.25, 0.3) is 0 Å². The summed E-state index contributed by atoms with van der Waals surface area (Å²) in [5.74, 6) is 3.25. The van der Waals surface area contributed by atoms with Gasteiger partial charge in [0.1, 0.15) is 0 Å². The molecule has 8 aromatic carbocycles. The van der Waals surface area contributed by atoms with Crippen LogP contribution in [0.4, 0.5) is 0 Å². The minimum absolute atomic E-state index is 0.0552. The van der Waals surface area contributed by atoms with Crippen molar-refractivity contribution < 1.29 is 32.6 Å². The Morgan fingerprint density at radius 1 is 0.296 bits per heavy atom. The van der Waals surface area contributed by atoms with Gasteiger partial charge in [0.2, 0.25) is 0 Å². The average molecular weight is 1870 g/mol. The van der Waals surface area contributed by atoms with Crippen molar-refractivity contribution in [3.63, 3.8) is 0 Å². The van der Waals surface area contributed by atoms with E-state index in [0.29, 0.717) is 0 Å². The van der Waals surface area contributed by atoms with Crippen molar-refractivity contribution in [2.75, 3.05) is 0 Å². The molecule has 125 heavy (non-hydrogen) atoms. The van der Waals surface area contributed by atoms with E-state index in [4.69, 9.17) is 17.7 Å². The second kappa shape index (κ2) is 29.1. The van der Waals surface area contributed by atoms with Crippen LogP contribution in [0.1, 0.15) is 171 Å². The summed E-state index contributed by atoms with van der Waals surface area (Å²) < 4.78 is 24.9. The van der Waals surface area contributed by atoms with E-state index >= 15 is 0 Å². The van der Waals surface area contributed by atoms with Gasteiger partial charge in [-0.05, 0) is 72.5 Å². The van der Waals surface area contributed by atoms with Crippen LogP contribution in [0.3, 0.4) is 0 Å². The Balaban J connectivity index is 0.935. The third-order valence-corrected chi connectivity index (χ3v) is 135. The quantitative estimate of drug-likeness (QED) is 0.102. The summed E-state index contributed by atoms with van der Waals surface area (Å²) in [6, 6.07) is 58.2. The standard InChI is InChI=1S/2C56H66O2Si3.2ClH.Zr/c2*1-14-59(53-37(2)31-51-47(19-15-17-21-49(51)53)43-25-23-41-35-45(29-27-39(41)33-43)57-60(10,11)55(4,5)6)54-38(3)32-52-48(20-16-18-22-50(52)54)44-26-24-42-36-46(30-28-40(42)34-44)58-61(12,13)56(7,8)9;;;/h2*15-36,47-48,59H,14H2,1-13H3;2*1H;/q;;;;+2/p-2. The van der Waals surface area contributed by atoms with Crippen LogP contribution in [0.2, 0.25) is 95.6 Å². The molecule has 0 radical (unpaired) electrons. The average Bonchev–Trinajstić information content (AvgIpc) is 1.48. The van der Waals surface area contributed by atoms with E-state index in [-0.39, 0.29) is 43.8 Å². The summed E-state index contributed by atoms with van der Waals surface area (Å²) in [7, 11) is 9.93. The minimum atomic E-state index is -7.99. The van der Waals surface area contributed by atoms with Crippen molar-refractivity contribution in [3.8, 4) is 23.0 Å². The third kappa shape index (κ3) is 11.5. The van der Waals surface area contributed by atoms with E-state index in [1.807, 2.05) is 0 Å². The van der Waals surface area contributed by atoms with Crippen molar-refractivity contribution in [2.45, 2.75) is 244 Å². The van der Waals surface area contributed by atoms with E-state index in [0.717, 1.165) is 35.1 Å². The SMILES string of the molecule is CC[SiH]1[C]2(C(C)=CC3=C2C=CC=CC3c2ccc3cc(O[Si](C)(C)C(C)(C)C)ccc3c2)[Zr]2([Cl])([Cl])([C]13C(C)=CC1=C3C=CC=CC1c1ccc3cc(O[Si](C)(C)C(C)(C)C)ccc3c1)[C]1(C(C)=CC3=C1C=CC=CC3c1ccc3cc(O[Si](C)(C)C(C)(C)C)ccc3c1)[SiH](CC)[C]21C(C)=CC2=C1C=CC=CC2c1ccc2cc(O[Si](C)(C)C(C)(C)C)ccc2c1. The molecule has 0 aromatic heterocycles. The predicted octanol–water partition coefficient (Wildman–Crippen LogP) is 33.6. The molecule has 2 heterocycles. The van der Waals surface area contributed by atoms with Gasteiger partial charge in [-0.1, -0.05) is 83.1 Å². The molecule has 8 atom stereocenters. The Labute approximate surface area is 759 Å². The maximum absolute atomic E-state index is 12.0. The summed E-state index contributed by atoms with van der Waals surface area (Å²) in [5.41, 5.74) is 21.4. The zero-order chi connectivity index (χ0) is 89.4. The summed E-state index contributed by atoms with van der Waals surface area (Å²) in [6.45, 7) is 62.1. The Kier molecular flexibility index (Phi) is 20.5. The number of hydrogen-bond acceptors (Lipinski definition) is 4. The van der Waals surface area contributed by atoms with Gasteiger partial charge < -0.3 is 0 Å². The van der Waals surface area contributed by atoms with Crippen LogP contribution in [0.15, 0.2) is 334 Å². The molecule has 0 saturated carbocycles. The Bertz CT molecular complexity index is 5790. The monoisotopic (exact) mass is 1870 g/mol. The first-order valence-corrected chi connectivity index (χ1v) is 73.2. The van der Waals surface area contributed by atoms with E-state index in [2.05, 4.69) is 444 Å². The predicted molar refractivity (Wildman–Crippen MR) is 552 cm³/mol. The third-order valence-electron chi connectivity index (χ3n) is 34.9. The molecule has 2 fully saturated rings. The van der Waals surface area contributed by atoms with Crippen molar-refractivity contribution in [2.24, 2.45) is 0 Å². The van der Waals surface area contributed by atoms with Crippen LogP contribution in [-0.2, 0) is 14.9 Å². The van der Waals surface area contributed by atoms with Crippen LogP contribution in [0, 0.1) is 0 Å². The molecule has 8 aromatic rings. The summed E-state index contributed by atoms with van der Waals surface area (Å²) in [5, 5.41) is 9.72. The van der Waals surface area contributed by atoms with Crippen LogP contribution >= 0.6 is 17.0 Å². The van der Waals surface area contributed by atoms with Gasteiger partial charge in [0, 0.05) is 0 Å². The van der Waals surface area contributed by atoms with Crippen molar-refractivity contribution in [1.82, 2.24) is 0 Å². The van der Waals surface area contributed by atoms with Gasteiger partial charge in [-0.25, -0.2) is 0 Å². The molecule has 2 aliphatic heterocycles.